The summed E-state index contributed by atoms with van der Waals surface area (Å²) in [5.41, 5.74) is 3.89. The molecule has 107 valence electrons. The van der Waals surface area contributed by atoms with E-state index in [1.54, 1.807) is 0 Å². The molecule has 1 aliphatic heterocycles. The number of likely N-dealkylation sites (tertiary alicyclic amines) is 1. The van der Waals surface area contributed by atoms with E-state index in [0.29, 0.717) is 12.3 Å². The molecular formula is C18H24NO. The van der Waals surface area contributed by atoms with Crippen LogP contribution in [0.3, 0.4) is 0 Å². The molecule has 0 unspecified atom stereocenters. The van der Waals surface area contributed by atoms with Crippen LogP contribution in [0.4, 0.5) is 0 Å². The lowest BCUT2D eigenvalue weighted by molar-refractivity contribution is -0.131. The number of hydrogen-bond donors (Lipinski definition) is 0. The number of nitrogens with zero attached hydrogens (tertiary/aromatic N) is 1. The summed E-state index contributed by atoms with van der Waals surface area (Å²) in [6, 6.07) is 6.62. The molecule has 0 bridgehead atoms. The Morgan fingerprint density at radius 1 is 1.25 bits per heavy atom. The number of allylic oxidation sites excluding steroid dienone is 1. The van der Waals surface area contributed by atoms with Gasteiger partial charge < -0.3 is 4.90 Å². The van der Waals surface area contributed by atoms with Gasteiger partial charge in [-0.25, -0.2) is 0 Å². The Labute approximate surface area is 122 Å². The average Bonchev–Trinajstić information content (AvgIpc) is 2.44. The number of piperidine rings is 1. The number of carbonyl (C=O) groups is 1. The minimum absolute atomic E-state index is 0.182. The highest BCUT2D eigenvalue weighted by Gasteiger charge is 2.19. The van der Waals surface area contributed by atoms with Crippen LogP contribution in [0, 0.1) is 26.7 Å². The van der Waals surface area contributed by atoms with E-state index in [1.165, 1.54) is 16.7 Å². The van der Waals surface area contributed by atoms with Crippen molar-refractivity contribution in [3.05, 3.63) is 47.9 Å². The van der Waals surface area contributed by atoms with Gasteiger partial charge in [0.15, 0.2) is 0 Å². The molecular weight excluding hydrogens is 246 g/mol. The molecule has 1 aromatic carbocycles. The van der Waals surface area contributed by atoms with Gasteiger partial charge in [-0.1, -0.05) is 41.5 Å². The van der Waals surface area contributed by atoms with Crippen LogP contribution in [0.5, 0.6) is 0 Å². The molecule has 1 fully saturated rings. The van der Waals surface area contributed by atoms with E-state index in [2.05, 4.69) is 51.1 Å². The number of amides is 1. The van der Waals surface area contributed by atoms with Crippen LogP contribution >= 0.6 is 0 Å². The van der Waals surface area contributed by atoms with Gasteiger partial charge in [0, 0.05) is 19.5 Å². The number of carbonyl (C=O) groups excluding carboxylic acids is 1. The summed E-state index contributed by atoms with van der Waals surface area (Å²) < 4.78 is 0. The molecule has 1 radical (unpaired) electrons. The average molecular weight is 270 g/mol. The molecule has 1 heterocycles. The van der Waals surface area contributed by atoms with Crippen LogP contribution in [0.15, 0.2) is 24.3 Å². The van der Waals surface area contributed by atoms with E-state index in [9.17, 15) is 4.79 Å². The summed E-state index contributed by atoms with van der Waals surface area (Å²) in [6.45, 7) is 9.67. The first kappa shape index (κ1) is 14.8. The number of benzene rings is 1. The van der Waals surface area contributed by atoms with E-state index in [0.717, 1.165) is 25.9 Å². The van der Waals surface area contributed by atoms with Gasteiger partial charge in [0.25, 0.3) is 0 Å². The summed E-state index contributed by atoms with van der Waals surface area (Å²) in [4.78, 5) is 13.5. The normalized spacial score (nSPS) is 16.9. The van der Waals surface area contributed by atoms with Gasteiger partial charge in [-0.3, -0.25) is 4.79 Å². The number of aryl methyl sites for hydroxylation is 2. The zero-order valence-corrected chi connectivity index (χ0v) is 12.6. The second kappa shape index (κ2) is 6.74. The maximum absolute atomic E-state index is 11.6. The van der Waals surface area contributed by atoms with E-state index in [-0.39, 0.29) is 5.91 Å². The Hall–Kier alpha value is -1.57. The molecule has 1 aliphatic rings. The highest BCUT2D eigenvalue weighted by atomic mass is 16.2. The predicted octanol–water partition coefficient (Wildman–Crippen LogP) is 3.78. The van der Waals surface area contributed by atoms with Crippen molar-refractivity contribution in [3.63, 3.8) is 0 Å². The Balaban J connectivity index is 1.92. The monoisotopic (exact) mass is 270 g/mol. The van der Waals surface area contributed by atoms with Gasteiger partial charge in [0.2, 0.25) is 5.91 Å². The molecule has 0 spiro atoms. The maximum Gasteiger partial charge on any atom is 0.222 e. The fourth-order valence-electron chi connectivity index (χ4n) is 2.85. The summed E-state index contributed by atoms with van der Waals surface area (Å²) in [5.74, 6) is 0.770. The zero-order valence-electron chi connectivity index (χ0n) is 12.6. The first-order valence-electron chi connectivity index (χ1n) is 7.42. The minimum atomic E-state index is 0.182. The smallest absolute Gasteiger partial charge is 0.222 e. The molecule has 2 nitrogen and oxygen atoms in total. The summed E-state index contributed by atoms with van der Waals surface area (Å²) in [6.07, 6.45) is 7.03. The second-order valence-electron chi connectivity index (χ2n) is 5.75. The van der Waals surface area contributed by atoms with E-state index in [1.807, 2.05) is 4.90 Å². The fourth-order valence-corrected chi connectivity index (χ4v) is 2.85. The van der Waals surface area contributed by atoms with E-state index in [4.69, 9.17) is 0 Å². The van der Waals surface area contributed by atoms with Gasteiger partial charge in [0.05, 0.1) is 0 Å². The Kier molecular flexibility index (Phi) is 4.99. The van der Waals surface area contributed by atoms with Crippen LogP contribution in [-0.2, 0) is 4.79 Å². The molecule has 2 heteroatoms. The van der Waals surface area contributed by atoms with Gasteiger partial charge in [-0.2, -0.15) is 0 Å². The molecule has 0 saturated carbocycles. The molecule has 2 rings (SSSR count). The quantitative estimate of drug-likeness (QED) is 0.818. The molecule has 0 aromatic heterocycles. The van der Waals surface area contributed by atoms with Crippen LogP contribution in [0.25, 0.3) is 6.08 Å². The van der Waals surface area contributed by atoms with Crippen molar-refractivity contribution in [3.8, 4) is 0 Å². The number of hydrogen-bond acceptors (Lipinski definition) is 1. The molecule has 0 aliphatic carbocycles. The third-order valence-corrected chi connectivity index (χ3v) is 3.91. The molecule has 1 aromatic rings. The van der Waals surface area contributed by atoms with Gasteiger partial charge >= 0.3 is 0 Å². The maximum atomic E-state index is 11.6. The van der Waals surface area contributed by atoms with Gasteiger partial charge in [-0.05, 0) is 45.1 Å². The Morgan fingerprint density at radius 3 is 2.40 bits per heavy atom. The van der Waals surface area contributed by atoms with E-state index >= 15 is 0 Å². The van der Waals surface area contributed by atoms with Crippen molar-refractivity contribution in [1.82, 2.24) is 4.90 Å². The third-order valence-electron chi connectivity index (χ3n) is 3.91. The molecule has 0 atom stereocenters. The molecule has 1 saturated heterocycles. The largest absolute Gasteiger partial charge is 0.343 e. The van der Waals surface area contributed by atoms with Crippen molar-refractivity contribution in [1.29, 1.82) is 0 Å². The van der Waals surface area contributed by atoms with Crippen molar-refractivity contribution in [2.45, 2.75) is 33.1 Å². The lowest BCUT2D eigenvalue weighted by Gasteiger charge is -2.30. The number of rotatable bonds is 3. The van der Waals surface area contributed by atoms with Crippen LogP contribution in [0.1, 0.15) is 36.0 Å². The highest BCUT2D eigenvalue weighted by Crippen LogP contribution is 2.20. The van der Waals surface area contributed by atoms with Crippen molar-refractivity contribution in [2.24, 2.45) is 5.92 Å². The predicted molar refractivity (Wildman–Crippen MR) is 84.2 cm³/mol. The highest BCUT2D eigenvalue weighted by molar-refractivity contribution is 5.76. The third kappa shape index (κ3) is 3.96. The van der Waals surface area contributed by atoms with Crippen molar-refractivity contribution >= 4 is 12.0 Å². The summed E-state index contributed by atoms with van der Waals surface area (Å²) in [7, 11) is 0. The lowest BCUT2D eigenvalue weighted by atomic mass is 9.95. The Bertz CT molecular complexity index is 476. The SMILES string of the molecule is [CH2]CC(=O)N1CCC(/C=C/c2cc(C)cc(C)c2)CC1. The van der Waals surface area contributed by atoms with Gasteiger partial charge in [0.1, 0.15) is 0 Å². The molecule has 20 heavy (non-hydrogen) atoms. The van der Waals surface area contributed by atoms with Crippen molar-refractivity contribution < 1.29 is 4.79 Å². The van der Waals surface area contributed by atoms with Crippen LogP contribution in [0.2, 0.25) is 0 Å². The molecule has 1 amide bonds. The summed E-state index contributed by atoms with van der Waals surface area (Å²) in [5, 5.41) is 0. The standard InChI is InChI=1S/C18H24NO/c1-4-18(20)19-9-7-16(8-10-19)5-6-17-12-14(2)11-15(3)13-17/h5-6,11-13,16H,1,4,7-10H2,2-3H3/b6-5+. The first-order chi connectivity index (χ1) is 9.58. The van der Waals surface area contributed by atoms with Crippen molar-refractivity contribution in [2.75, 3.05) is 13.1 Å². The van der Waals surface area contributed by atoms with Crippen LogP contribution < -0.4 is 0 Å². The summed E-state index contributed by atoms with van der Waals surface area (Å²) >= 11 is 0. The second-order valence-corrected chi connectivity index (χ2v) is 5.75. The molecule has 0 N–H and O–H groups in total. The zero-order chi connectivity index (χ0) is 14.5. The lowest BCUT2D eigenvalue weighted by Crippen LogP contribution is -2.37. The Morgan fingerprint density at radius 2 is 1.85 bits per heavy atom. The first-order valence-corrected chi connectivity index (χ1v) is 7.42. The topological polar surface area (TPSA) is 20.3 Å². The van der Waals surface area contributed by atoms with Crippen LogP contribution in [-0.4, -0.2) is 23.9 Å². The fraction of sp³-hybridized carbons (Fsp3) is 0.444. The minimum Gasteiger partial charge on any atom is -0.343 e. The van der Waals surface area contributed by atoms with E-state index < -0.39 is 0 Å². The van der Waals surface area contributed by atoms with Gasteiger partial charge in [-0.15, -0.1) is 0 Å².